The molecule has 7 nitrogen and oxygen atoms in total. The van der Waals surface area contributed by atoms with Gasteiger partial charge in [-0.25, -0.2) is 18.1 Å². The Morgan fingerprint density at radius 2 is 2.00 bits per heavy atom. The van der Waals surface area contributed by atoms with Gasteiger partial charge in [-0.15, -0.1) is 0 Å². The lowest BCUT2D eigenvalue weighted by atomic mass is 10.3. The molecule has 1 aliphatic rings. The predicted molar refractivity (Wildman–Crippen MR) is 93.5 cm³/mol. The average molecular weight is 347 g/mol. The van der Waals surface area contributed by atoms with Crippen LogP contribution in [0, 0.1) is 6.92 Å². The van der Waals surface area contributed by atoms with Crippen LogP contribution in [-0.4, -0.2) is 24.4 Å². The van der Waals surface area contributed by atoms with Crippen LogP contribution in [0.2, 0.25) is 0 Å². The smallest absolute Gasteiger partial charge is 0.240 e. The van der Waals surface area contributed by atoms with Crippen LogP contribution in [0.25, 0.3) is 0 Å². The van der Waals surface area contributed by atoms with E-state index in [1.54, 1.807) is 30.5 Å². The number of aryl methyl sites for hydroxylation is 1. The van der Waals surface area contributed by atoms with Crippen LogP contribution < -0.4 is 15.8 Å². The molecule has 0 unspecified atom stereocenters. The first-order valence-corrected chi connectivity index (χ1v) is 9.41. The number of benzene rings is 1. The molecule has 4 N–H and O–H groups in total. The van der Waals surface area contributed by atoms with Crippen molar-refractivity contribution >= 4 is 27.5 Å². The fourth-order valence-electron chi connectivity index (χ4n) is 2.79. The molecule has 0 saturated heterocycles. The van der Waals surface area contributed by atoms with Crippen molar-refractivity contribution in [3.05, 3.63) is 36.0 Å². The number of aromatic nitrogens is 2. The zero-order chi connectivity index (χ0) is 17.2. The Labute approximate surface area is 141 Å². The maximum atomic E-state index is 12.5. The van der Waals surface area contributed by atoms with Gasteiger partial charge in [-0.2, -0.15) is 4.98 Å². The molecule has 128 valence electrons. The third-order valence-corrected chi connectivity index (χ3v) is 5.59. The number of nitrogens with one attached hydrogen (secondary N) is 2. The van der Waals surface area contributed by atoms with Crippen molar-refractivity contribution in [3.63, 3.8) is 0 Å². The summed E-state index contributed by atoms with van der Waals surface area (Å²) in [5, 5.41) is 3.10. The lowest BCUT2D eigenvalue weighted by Crippen LogP contribution is -2.32. The van der Waals surface area contributed by atoms with E-state index >= 15 is 0 Å². The Hall–Kier alpha value is -2.19. The second-order valence-corrected chi connectivity index (χ2v) is 7.73. The molecular formula is C16H21N5O2S. The van der Waals surface area contributed by atoms with Crippen molar-refractivity contribution in [2.45, 2.75) is 43.5 Å². The van der Waals surface area contributed by atoms with Gasteiger partial charge < -0.3 is 11.1 Å². The predicted octanol–water partition coefficient (Wildman–Crippen LogP) is 2.33. The van der Waals surface area contributed by atoms with Gasteiger partial charge in [-0.3, -0.25) is 0 Å². The molecule has 0 radical (unpaired) electrons. The number of nitrogens with two attached hydrogens (primary N) is 1. The number of sulfonamides is 1. The van der Waals surface area contributed by atoms with Crippen LogP contribution in [0.4, 0.5) is 17.5 Å². The van der Waals surface area contributed by atoms with E-state index < -0.39 is 10.0 Å². The van der Waals surface area contributed by atoms with Crippen molar-refractivity contribution in [2.75, 3.05) is 11.1 Å². The third-order valence-electron chi connectivity index (χ3n) is 4.07. The molecule has 3 rings (SSSR count). The average Bonchev–Trinajstić information content (AvgIpc) is 3.03. The Kier molecular flexibility index (Phi) is 4.68. The van der Waals surface area contributed by atoms with E-state index in [-0.39, 0.29) is 16.9 Å². The summed E-state index contributed by atoms with van der Waals surface area (Å²) >= 11 is 0. The van der Waals surface area contributed by atoms with Crippen molar-refractivity contribution in [3.8, 4) is 0 Å². The number of rotatable bonds is 5. The largest absolute Gasteiger partial charge is 0.368 e. The third kappa shape index (κ3) is 3.82. The Morgan fingerprint density at radius 1 is 1.25 bits per heavy atom. The second kappa shape index (κ2) is 6.74. The lowest BCUT2D eigenvalue weighted by molar-refractivity contribution is 0.552. The van der Waals surface area contributed by atoms with Crippen LogP contribution in [0.1, 0.15) is 31.2 Å². The first-order chi connectivity index (χ1) is 11.4. The molecule has 0 atom stereocenters. The normalized spacial score (nSPS) is 15.5. The summed E-state index contributed by atoms with van der Waals surface area (Å²) in [6.07, 6.45) is 5.56. The summed E-state index contributed by atoms with van der Waals surface area (Å²) < 4.78 is 27.8. The fraction of sp³-hybridized carbons (Fsp3) is 0.375. The molecule has 1 saturated carbocycles. The van der Waals surface area contributed by atoms with Gasteiger partial charge in [0.15, 0.2) is 0 Å². The van der Waals surface area contributed by atoms with Crippen LogP contribution in [0.3, 0.4) is 0 Å². The number of anilines is 3. The van der Waals surface area contributed by atoms with E-state index in [4.69, 9.17) is 5.73 Å². The quantitative estimate of drug-likeness (QED) is 0.766. The fourth-order valence-corrected chi connectivity index (χ4v) is 4.14. The maximum absolute atomic E-state index is 12.5. The molecule has 1 aromatic heterocycles. The molecule has 0 bridgehead atoms. The molecule has 1 aliphatic carbocycles. The van der Waals surface area contributed by atoms with E-state index in [9.17, 15) is 8.42 Å². The summed E-state index contributed by atoms with van der Waals surface area (Å²) in [4.78, 5) is 8.28. The highest BCUT2D eigenvalue weighted by Crippen LogP contribution is 2.23. The SMILES string of the molecule is Cc1cnc(N)nc1Nc1cccc(S(=O)(=O)NC2CCCC2)c1. The molecule has 8 heteroatoms. The van der Waals surface area contributed by atoms with Gasteiger partial charge in [0.25, 0.3) is 0 Å². The van der Waals surface area contributed by atoms with Gasteiger partial charge in [0, 0.05) is 23.5 Å². The minimum Gasteiger partial charge on any atom is -0.368 e. The van der Waals surface area contributed by atoms with E-state index in [1.165, 1.54) is 0 Å². The van der Waals surface area contributed by atoms with Crippen molar-refractivity contribution < 1.29 is 8.42 Å². The van der Waals surface area contributed by atoms with Gasteiger partial charge >= 0.3 is 0 Å². The van der Waals surface area contributed by atoms with Gasteiger partial charge in [0.05, 0.1) is 4.90 Å². The lowest BCUT2D eigenvalue weighted by Gasteiger charge is -2.14. The monoisotopic (exact) mass is 347 g/mol. The van der Waals surface area contributed by atoms with E-state index in [1.807, 2.05) is 6.92 Å². The summed E-state index contributed by atoms with van der Waals surface area (Å²) in [5.74, 6) is 0.718. The van der Waals surface area contributed by atoms with Crippen molar-refractivity contribution in [1.29, 1.82) is 0 Å². The van der Waals surface area contributed by atoms with E-state index in [0.29, 0.717) is 11.5 Å². The molecule has 24 heavy (non-hydrogen) atoms. The highest BCUT2D eigenvalue weighted by Gasteiger charge is 2.23. The van der Waals surface area contributed by atoms with Crippen LogP contribution in [-0.2, 0) is 10.0 Å². The van der Waals surface area contributed by atoms with Gasteiger partial charge in [-0.05, 0) is 38.0 Å². The van der Waals surface area contributed by atoms with Crippen molar-refractivity contribution in [2.24, 2.45) is 0 Å². The van der Waals surface area contributed by atoms with E-state index in [0.717, 1.165) is 31.2 Å². The number of hydrogen-bond donors (Lipinski definition) is 3. The topological polar surface area (TPSA) is 110 Å². The first-order valence-electron chi connectivity index (χ1n) is 7.92. The van der Waals surface area contributed by atoms with Crippen LogP contribution in [0.15, 0.2) is 35.4 Å². The van der Waals surface area contributed by atoms with Crippen LogP contribution in [0.5, 0.6) is 0 Å². The minimum absolute atomic E-state index is 0.0375. The molecule has 0 amide bonds. The highest BCUT2D eigenvalue weighted by molar-refractivity contribution is 7.89. The molecule has 1 fully saturated rings. The Morgan fingerprint density at radius 3 is 2.75 bits per heavy atom. The molecular weight excluding hydrogens is 326 g/mol. The van der Waals surface area contributed by atoms with Gasteiger partial charge in [0.2, 0.25) is 16.0 Å². The number of nitrogens with zero attached hydrogens (tertiary/aromatic N) is 2. The summed E-state index contributed by atoms with van der Waals surface area (Å²) in [6.45, 7) is 1.85. The summed E-state index contributed by atoms with van der Waals surface area (Å²) in [5.41, 5.74) is 7.05. The molecule has 0 spiro atoms. The zero-order valence-electron chi connectivity index (χ0n) is 13.5. The van der Waals surface area contributed by atoms with E-state index in [2.05, 4.69) is 20.0 Å². The number of nitrogen functional groups attached to an aromatic ring is 1. The van der Waals surface area contributed by atoms with Gasteiger partial charge in [-0.1, -0.05) is 18.9 Å². The second-order valence-electron chi connectivity index (χ2n) is 6.02. The van der Waals surface area contributed by atoms with Gasteiger partial charge in [0.1, 0.15) is 5.82 Å². The molecule has 1 aromatic carbocycles. The zero-order valence-corrected chi connectivity index (χ0v) is 14.3. The maximum Gasteiger partial charge on any atom is 0.240 e. The summed E-state index contributed by atoms with van der Waals surface area (Å²) in [6, 6.07) is 6.70. The van der Waals surface area contributed by atoms with Crippen LogP contribution >= 0.6 is 0 Å². The minimum atomic E-state index is -3.52. The molecule has 1 heterocycles. The Balaban J connectivity index is 1.82. The van der Waals surface area contributed by atoms with Crippen molar-refractivity contribution in [1.82, 2.24) is 14.7 Å². The number of hydrogen-bond acceptors (Lipinski definition) is 6. The highest BCUT2D eigenvalue weighted by atomic mass is 32.2. The molecule has 0 aliphatic heterocycles. The Bertz CT molecular complexity index is 832. The molecule has 2 aromatic rings. The first kappa shape index (κ1) is 16.7. The summed E-state index contributed by atoms with van der Waals surface area (Å²) in [7, 11) is -3.52. The standard InChI is InChI=1S/C16H21N5O2S/c1-11-10-18-16(17)20-15(11)19-13-7-4-8-14(9-13)24(22,23)21-12-5-2-3-6-12/h4,7-10,12,21H,2-3,5-6H2,1H3,(H3,17,18,19,20).